The smallest absolute Gasteiger partial charge is 0.321 e. The number of hydrogen-bond acceptors (Lipinski definition) is 6. The summed E-state index contributed by atoms with van der Waals surface area (Å²) in [7, 11) is 0. The fourth-order valence-corrected chi connectivity index (χ4v) is 4.63. The molecule has 10 heteroatoms. The van der Waals surface area contributed by atoms with Crippen molar-refractivity contribution in [3.05, 3.63) is 36.2 Å². The summed E-state index contributed by atoms with van der Waals surface area (Å²) in [6.45, 7) is 0. The number of urea groups is 1. The summed E-state index contributed by atoms with van der Waals surface area (Å²) in [4.78, 5) is 35.6. The highest BCUT2D eigenvalue weighted by Crippen LogP contribution is 2.24. The van der Waals surface area contributed by atoms with Crippen LogP contribution in [0.4, 0.5) is 4.79 Å². The highest BCUT2D eigenvalue weighted by Gasteiger charge is 2.27. The number of hydrogen-bond donors (Lipinski definition) is 3. The second-order valence-corrected chi connectivity index (χ2v) is 8.48. The Hall–Kier alpha value is -2.88. The van der Waals surface area contributed by atoms with Crippen LogP contribution in [0.1, 0.15) is 37.9 Å². The van der Waals surface area contributed by atoms with Gasteiger partial charge in [-0.15, -0.1) is 10.2 Å². The van der Waals surface area contributed by atoms with Crippen LogP contribution >= 0.6 is 11.8 Å². The molecule has 4 amide bonds. The summed E-state index contributed by atoms with van der Waals surface area (Å²) in [5, 5.41) is 17.2. The number of nitrogens with one attached hydrogen (secondary N) is 3. The van der Waals surface area contributed by atoms with E-state index in [1.54, 1.807) is 0 Å². The molecule has 1 aliphatic carbocycles. The van der Waals surface area contributed by atoms with E-state index < -0.39 is 6.03 Å². The monoisotopic (exact) mass is 428 g/mol. The van der Waals surface area contributed by atoms with E-state index in [-0.39, 0.29) is 36.1 Å². The molecule has 1 saturated heterocycles. The minimum Gasteiger partial charge on any atom is -0.353 e. The SMILES string of the molecule is O=C1CC(Cc2nnc(SCC(=O)NC3CCCC3)n2-c2ccccc2)NC(=O)N1. The zero-order valence-corrected chi connectivity index (χ0v) is 17.3. The Bertz CT molecular complexity index is 910. The first-order valence-corrected chi connectivity index (χ1v) is 11.1. The van der Waals surface area contributed by atoms with Crippen LogP contribution in [0.2, 0.25) is 0 Å². The Morgan fingerprint density at radius 2 is 1.93 bits per heavy atom. The fourth-order valence-electron chi connectivity index (χ4n) is 3.85. The second-order valence-electron chi connectivity index (χ2n) is 7.53. The number of amides is 4. The molecule has 1 aromatic carbocycles. The van der Waals surface area contributed by atoms with Crippen molar-refractivity contribution >= 4 is 29.6 Å². The number of aromatic nitrogens is 3. The molecule has 2 heterocycles. The summed E-state index contributed by atoms with van der Waals surface area (Å²) < 4.78 is 1.88. The average Bonchev–Trinajstić information content (AvgIpc) is 3.36. The molecular weight excluding hydrogens is 404 g/mol. The minimum atomic E-state index is -0.500. The van der Waals surface area contributed by atoms with Crippen molar-refractivity contribution in [2.45, 2.75) is 55.8 Å². The van der Waals surface area contributed by atoms with E-state index in [9.17, 15) is 14.4 Å². The van der Waals surface area contributed by atoms with E-state index in [4.69, 9.17) is 0 Å². The summed E-state index contributed by atoms with van der Waals surface area (Å²) in [6.07, 6.45) is 4.96. The number of benzene rings is 1. The van der Waals surface area contributed by atoms with Crippen LogP contribution in [0.25, 0.3) is 5.69 Å². The molecular formula is C20H24N6O3S. The van der Waals surface area contributed by atoms with Crippen molar-refractivity contribution in [3.8, 4) is 5.69 Å². The highest BCUT2D eigenvalue weighted by molar-refractivity contribution is 7.99. The first-order valence-electron chi connectivity index (χ1n) is 10.1. The van der Waals surface area contributed by atoms with Crippen LogP contribution in [0.3, 0.4) is 0 Å². The van der Waals surface area contributed by atoms with Crippen LogP contribution in [-0.4, -0.2) is 50.4 Å². The van der Waals surface area contributed by atoms with Gasteiger partial charge in [-0.05, 0) is 25.0 Å². The van der Waals surface area contributed by atoms with Crippen LogP contribution in [0, 0.1) is 0 Å². The van der Waals surface area contributed by atoms with Gasteiger partial charge in [0.25, 0.3) is 0 Å². The number of thioether (sulfide) groups is 1. The molecule has 1 unspecified atom stereocenters. The maximum absolute atomic E-state index is 12.3. The molecule has 2 aromatic rings. The van der Waals surface area contributed by atoms with Gasteiger partial charge in [0.1, 0.15) is 5.82 Å². The van der Waals surface area contributed by atoms with Crippen LogP contribution < -0.4 is 16.0 Å². The zero-order chi connectivity index (χ0) is 20.9. The first-order chi connectivity index (χ1) is 14.6. The van der Waals surface area contributed by atoms with Crippen LogP contribution in [0.15, 0.2) is 35.5 Å². The molecule has 1 aliphatic heterocycles. The Morgan fingerprint density at radius 3 is 2.67 bits per heavy atom. The molecule has 1 saturated carbocycles. The van der Waals surface area contributed by atoms with E-state index in [2.05, 4.69) is 26.1 Å². The maximum Gasteiger partial charge on any atom is 0.321 e. The Labute approximate surface area is 178 Å². The molecule has 1 aromatic heterocycles. The minimum absolute atomic E-state index is 0.00715. The van der Waals surface area contributed by atoms with E-state index in [0.717, 1.165) is 18.5 Å². The topological polar surface area (TPSA) is 118 Å². The second kappa shape index (κ2) is 9.29. The normalized spacial score (nSPS) is 19.4. The largest absolute Gasteiger partial charge is 0.353 e. The van der Waals surface area contributed by atoms with E-state index in [1.165, 1.54) is 24.6 Å². The molecule has 3 N–H and O–H groups in total. The van der Waals surface area contributed by atoms with Crippen molar-refractivity contribution in [2.75, 3.05) is 5.75 Å². The highest BCUT2D eigenvalue weighted by atomic mass is 32.2. The van der Waals surface area contributed by atoms with Gasteiger partial charge in [-0.2, -0.15) is 0 Å². The third-order valence-electron chi connectivity index (χ3n) is 5.22. The van der Waals surface area contributed by atoms with Crippen LogP contribution in [0.5, 0.6) is 0 Å². The maximum atomic E-state index is 12.3. The first kappa shape index (κ1) is 20.4. The zero-order valence-electron chi connectivity index (χ0n) is 16.5. The fraction of sp³-hybridized carbons (Fsp3) is 0.450. The lowest BCUT2D eigenvalue weighted by Gasteiger charge is -2.23. The van der Waals surface area contributed by atoms with Crippen molar-refractivity contribution in [3.63, 3.8) is 0 Å². The summed E-state index contributed by atoms with van der Waals surface area (Å²) in [5.74, 6) is 0.559. The number of carbonyl (C=O) groups excluding carboxylic acids is 3. The van der Waals surface area contributed by atoms with Crippen molar-refractivity contribution in [1.82, 2.24) is 30.7 Å². The lowest BCUT2D eigenvalue weighted by atomic mass is 10.1. The van der Waals surface area contributed by atoms with E-state index in [0.29, 0.717) is 17.4 Å². The third-order valence-corrected chi connectivity index (χ3v) is 6.15. The van der Waals surface area contributed by atoms with Gasteiger partial charge in [0.2, 0.25) is 11.8 Å². The summed E-state index contributed by atoms with van der Waals surface area (Å²) in [5.41, 5.74) is 0.864. The van der Waals surface area contributed by atoms with E-state index in [1.807, 2.05) is 34.9 Å². The Kier molecular flexibility index (Phi) is 6.32. The molecule has 2 aliphatic rings. The van der Waals surface area contributed by atoms with Gasteiger partial charge < -0.3 is 10.6 Å². The number of imide groups is 1. The molecule has 2 fully saturated rings. The third kappa shape index (κ3) is 4.99. The quantitative estimate of drug-likeness (QED) is 0.576. The molecule has 0 bridgehead atoms. The van der Waals surface area contributed by atoms with Crippen LogP contribution in [-0.2, 0) is 16.0 Å². The van der Waals surface area contributed by atoms with E-state index >= 15 is 0 Å². The summed E-state index contributed by atoms with van der Waals surface area (Å²) >= 11 is 1.33. The Balaban J connectivity index is 1.49. The number of rotatable bonds is 7. The van der Waals surface area contributed by atoms with Gasteiger partial charge in [0, 0.05) is 30.6 Å². The van der Waals surface area contributed by atoms with Gasteiger partial charge in [0.15, 0.2) is 5.16 Å². The molecule has 0 radical (unpaired) electrons. The van der Waals surface area contributed by atoms with Gasteiger partial charge in [-0.1, -0.05) is 42.8 Å². The molecule has 9 nitrogen and oxygen atoms in total. The predicted molar refractivity (Wildman–Crippen MR) is 111 cm³/mol. The lowest BCUT2D eigenvalue weighted by molar-refractivity contribution is -0.121. The molecule has 158 valence electrons. The Morgan fingerprint density at radius 1 is 1.17 bits per heavy atom. The molecule has 30 heavy (non-hydrogen) atoms. The molecule has 0 spiro atoms. The number of carbonyl (C=O) groups is 3. The van der Waals surface area contributed by atoms with Gasteiger partial charge in [-0.25, -0.2) is 4.79 Å². The predicted octanol–water partition coefficient (Wildman–Crippen LogP) is 1.56. The molecule has 4 rings (SSSR count). The summed E-state index contributed by atoms with van der Waals surface area (Å²) in [6, 6.07) is 9.03. The number of nitrogens with zero attached hydrogens (tertiary/aromatic N) is 3. The lowest BCUT2D eigenvalue weighted by Crippen LogP contribution is -2.53. The number of para-hydroxylation sites is 1. The van der Waals surface area contributed by atoms with Crippen molar-refractivity contribution in [2.24, 2.45) is 0 Å². The van der Waals surface area contributed by atoms with Gasteiger partial charge in [0.05, 0.1) is 5.75 Å². The van der Waals surface area contributed by atoms with Crippen molar-refractivity contribution < 1.29 is 14.4 Å². The molecule has 1 atom stereocenters. The average molecular weight is 429 g/mol. The van der Waals surface area contributed by atoms with Crippen molar-refractivity contribution in [1.29, 1.82) is 0 Å². The van der Waals surface area contributed by atoms with Gasteiger partial charge in [-0.3, -0.25) is 19.5 Å². The van der Waals surface area contributed by atoms with Gasteiger partial charge >= 0.3 is 6.03 Å². The standard InChI is InChI=1S/C20H24N6O3S/c27-17-11-14(22-19(29)23-17)10-16-24-25-20(26(16)15-8-2-1-3-9-15)30-12-18(28)21-13-6-4-5-7-13/h1-3,8-9,13-14H,4-7,10-12H2,(H,21,28)(H2,22,23,27,29).